The van der Waals surface area contributed by atoms with E-state index in [2.05, 4.69) is 17.1 Å². The van der Waals surface area contributed by atoms with Crippen LogP contribution in [0.15, 0.2) is 72.9 Å². The lowest BCUT2D eigenvalue weighted by Crippen LogP contribution is -1.98. The van der Waals surface area contributed by atoms with Crippen LogP contribution in [0.25, 0.3) is 11.1 Å². The van der Waals surface area contributed by atoms with E-state index in [1.165, 1.54) is 0 Å². The molecule has 3 nitrogen and oxygen atoms in total. The van der Waals surface area contributed by atoms with Gasteiger partial charge >= 0.3 is 0 Å². The fourth-order valence-electron chi connectivity index (χ4n) is 2.13. The zero-order chi connectivity index (χ0) is 14.5. The normalized spacial score (nSPS) is 10.3. The molecule has 3 heteroatoms. The minimum Gasteiger partial charge on any atom is -0.455 e. The molecular weight excluding hydrogens is 260 g/mol. The van der Waals surface area contributed by atoms with Crippen molar-refractivity contribution in [2.24, 2.45) is 5.73 Å². The van der Waals surface area contributed by atoms with Crippen molar-refractivity contribution in [3.05, 3.63) is 78.6 Å². The maximum absolute atomic E-state index is 5.96. The summed E-state index contributed by atoms with van der Waals surface area (Å²) >= 11 is 0. The highest BCUT2D eigenvalue weighted by Crippen LogP contribution is 2.32. The molecule has 21 heavy (non-hydrogen) atoms. The average molecular weight is 276 g/mol. The van der Waals surface area contributed by atoms with Crippen LogP contribution < -0.4 is 10.5 Å². The Morgan fingerprint density at radius 3 is 2.33 bits per heavy atom. The smallest absolute Gasteiger partial charge is 0.145 e. The molecule has 3 aromatic rings. The van der Waals surface area contributed by atoms with E-state index in [1.54, 1.807) is 6.20 Å². The molecule has 0 fully saturated rings. The number of ether oxygens (including phenoxy) is 1. The quantitative estimate of drug-likeness (QED) is 0.783. The predicted octanol–water partition coefficient (Wildman–Crippen LogP) is 4.00. The predicted molar refractivity (Wildman–Crippen MR) is 84.1 cm³/mol. The summed E-state index contributed by atoms with van der Waals surface area (Å²) in [6, 6.07) is 21.9. The zero-order valence-corrected chi connectivity index (χ0v) is 11.6. The molecule has 0 aliphatic heterocycles. The minimum atomic E-state index is 0.431. The molecule has 2 aromatic carbocycles. The van der Waals surface area contributed by atoms with Gasteiger partial charge in [-0.3, -0.25) is 4.98 Å². The number of hydrogen-bond donors (Lipinski definition) is 1. The lowest BCUT2D eigenvalue weighted by Gasteiger charge is -2.11. The Balaban J connectivity index is 1.92. The van der Waals surface area contributed by atoms with Gasteiger partial charge in [0.2, 0.25) is 0 Å². The second-order valence-corrected chi connectivity index (χ2v) is 4.65. The summed E-state index contributed by atoms with van der Waals surface area (Å²) < 4.78 is 5.96. The zero-order valence-electron chi connectivity index (χ0n) is 11.6. The lowest BCUT2D eigenvalue weighted by atomic mass is 10.1. The van der Waals surface area contributed by atoms with Crippen molar-refractivity contribution < 1.29 is 4.74 Å². The summed E-state index contributed by atoms with van der Waals surface area (Å²) in [6.07, 6.45) is 1.70. The first-order valence-corrected chi connectivity index (χ1v) is 6.84. The fraction of sp³-hybridized carbons (Fsp3) is 0.0556. The second-order valence-electron chi connectivity index (χ2n) is 4.65. The molecule has 3 rings (SSSR count). The number of pyridine rings is 1. The van der Waals surface area contributed by atoms with Crippen molar-refractivity contribution in [2.75, 3.05) is 0 Å². The first-order valence-electron chi connectivity index (χ1n) is 6.84. The number of rotatable bonds is 4. The van der Waals surface area contributed by atoms with E-state index >= 15 is 0 Å². The molecule has 0 radical (unpaired) electrons. The van der Waals surface area contributed by atoms with Crippen molar-refractivity contribution in [1.82, 2.24) is 4.98 Å². The third-order valence-electron chi connectivity index (χ3n) is 3.21. The van der Waals surface area contributed by atoms with Gasteiger partial charge in [-0.15, -0.1) is 0 Å². The Hall–Kier alpha value is -2.65. The van der Waals surface area contributed by atoms with Crippen molar-refractivity contribution >= 4 is 0 Å². The third-order valence-corrected chi connectivity index (χ3v) is 3.21. The maximum Gasteiger partial charge on any atom is 0.145 e. The van der Waals surface area contributed by atoms with Crippen molar-refractivity contribution in [1.29, 1.82) is 0 Å². The number of hydrogen-bond acceptors (Lipinski definition) is 3. The average Bonchev–Trinajstić information content (AvgIpc) is 2.57. The van der Waals surface area contributed by atoms with Crippen LogP contribution >= 0.6 is 0 Å². The Morgan fingerprint density at radius 2 is 1.62 bits per heavy atom. The van der Waals surface area contributed by atoms with Gasteiger partial charge in [0, 0.05) is 12.1 Å². The molecule has 0 atom stereocenters. The second kappa shape index (κ2) is 6.20. The number of benzene rings is 2. The molecule has 0 aliphatic rings. The molecule has 104 valence electrons. The van der Waals surface area contributed by atoms with E-state index in [1.807, 2.05) is 54.6 Å². The first-order chi connectivity index (χ1) is 10.4. The van der Waals surface area contributed by atoms with Crippen molar-refractivity contribution in [3.8, 4) is 22.6 Å². The third kappa shape index (κ3) is 3.09. The molecule has 0 saturated carbocycles. The van der Waals surface area contributed by atoms with Gasteiger partial charge in [-0.05, 0) is 23.8 Å². The fourth-order valence-corrected chi connectivity index (χ4v) is 2.13. The first kappa shape index (κ1) is 13.3. The van der Waals surface area contributed by atoms with Crippen molar-refractivity contribution in [2.45, 2.75) is 6.54 Å². The summed E-state index contributed by atoms with van der Waals surface area (Å²) in [4.78, 5) is 4.25. The number of nitrogens with two attached hydrogens (primary N) is 1. The molecular formula is C18H16N2O. The van der Waals surface area contributed by atoms with Gasteiger partial charge in [-0.2, -0.15) is 0 Å². The van der Waals surface area contributed by atoms with Crippen LogP contribution in [0.5, 0.6) is 11.5 Å². The van der Waals surface area contributed by atoms with Gasteiger partial charge in [-0.1, -0.05) is 48.5 Å². The van der Waals surface area contributed by atoms with Gasteiger partial charge in [-0.25, -0.2) is 0 Å². The van der Waals surface area contributed by atoms with Gasteiger partial charge in [0.1, 0.15) is 11.5 Å². The molecule has 0 amide bonds. The molecule has 0 spiro atoms. The monoisotopic (exact) mass is 276 g/mol. The lowest BCUT2D eigenvalue weighted by molar-refractivity contribution is 0.481. The SMILES string of the molecule is NCc1ccc(Oc2ccccc2-c2ccccc2)cn1. The van der Waals surface area contributed by atoms with E-state index in [0.717, 1.165) is 22.6 Å². The topological polar surface area (TPSA) is 48.1 Å². The number of para-hydroxylation sites is 1. The van der Waals surface area contributed by atoms with Crippen LogP contribution in [0, 0.1) is 0 Å². The largest absolute Gasteiger partial charge is 0.455 e. The van der Waals surface area contributed by atoms with Gasteiger partial charge < -0.3 is 10.5 Å². The molecule has 2 N–H and O–H groups in total. The van der Waals surface area contributed by atoms with Crippen LogP contribution in [-0.4, -0.2) is 4.98 Å². The number of nitrogens with zero attached hydrogens (tertiary/aromatic N) is 1. The molecule has 0 bridgehead atoms. The Kier molecular flexibility index (Phi) is 3.94. The molecule has 0 unspecified atom stereocenters. The van der Waals surface area contributed by atoms with Crippen LogP contribution in [0.4, 0.5) is 0 Å². The Labute approximate surface area is 124 Å². The van der Waals surface area contributed by atoms with Crippen LogP contribution in [0.1, 0.15) is 5.69 Å². The maximum atomic E-state index is 5.96. The molecule has 0 saturated heterocycles. The van der Waals surface area contributed by atoms with E-state index in [4.69, 9.17) is 10.5 Å². The van der Waals surface area contributed by atoms with Crippen LogP contribution in [0.2, 0.25) is 0 Å². The highest BCUT2D eigenvalue weighted by atomic mass is 16.5. The summed E-state index contributed by atoms with van der Waals surface area (Å²) in [5.74, 6) is 1.52. The standard InChI is InChI=1S/C18H16N2O/c19-12-15-10-11-16(13-20-15)21-18-9-5-4-8-17(18)14-6-2-1-3-7-14/h1-11,13H,12,19H2. The summed E-state index contributed by atoms with van der Waals surface area (Å²) in [5.41, 5.74) is 8.58. The van der Waals surface area contributed by atoms with Crippen molar-refractivity contribution in [3.63, 3.8) is 0 Å². The Bertz CT molecular complexity index is 709. The van der Waals surface area contributed by atoms with Gasteiger partial charge in [0.15, 0.2) is 0 Å². The molecule has 1 heterocycles. The Morgan fingerprint density at radius 1 is 0.857 bits per heavy atom. The van der Waals surface area contributed by atoms with E-state index < -0.39 is 0 Å². The highest BCUT2D eigenvalue weighted by molar-refractivity contribution is 5.70. The van der Waals surface area contributed by atoms with Crippen LogP contribution in [0.3, 0.4) is 0 Å². The summed E-state index contributed by atoms with van der Waals surface area (Å²) in [7, 11) is 0. The van der Waals surface area contributed by atoms with Crippen LogP contribution in [-0.2, 0) is 6.54 Å². The van der Waals surface area contributed by atoms with E-state index in [9.17, 15) is 0 Å². The van der Waals surface area contributed by atoms with Gasteiger partial charge in [0.25, 0.3) is 0 Å². The van der Waals surface area contributed by atoms with E-state index in [-0.39, 0.29) is 0 Å². The van der Waals surface area contributed by atoms with E-state index in [0.29, 0.717) is 12.3 Å². The molecule has 1 aromatic heterocycles. The minimum absolute atomic E-state index is 0.431. The molecule has 0 aliphatic carbocycles. The highest BCUT2D eigenvalue weighted by Gasteiger charge is 2.06. The van der Waals surface area contributed by atoms with Gasteiger partial charge in [0.05, 0.1) is 11.9 Å². The summed E-state index contributed by atoms with van der Waals surface area (Å²) in [6.45, 7) is 0.431. The number of aromatic nitrogens is 1. The summed E-state index contributed by atoms with van der Waals surface area (Å²) in [5, 5.41) is 0.